The second kappa shape index (κ2) is 6.18. The molecule has 23 heavy (non-hydrogen) atoms. The van der Waals surface area contributed by atoms with Crippen molar-refractivity contribution < 1.29 is 4.79 Å². The Hall–Kier alpha value is -1.51. The molecule has 124 valence electrons. The van der Waals surface area contributed by atoms with Crippen molar-refractivity contribution in [1.82, 2.24) is 9.80 Å². The van der Waals surface area contributed by atoms with E-state index in [1.165, 1.54) is 43.2 Å². The van der Waals surface area contributed by atoms with Crippen LogP contribution in [0.2, 0.25) is 0 Å². The molecule has 0 spiro atoms. The van der Waals surface area contributed by atoms with Gasteiger partial charge in [0.2, 0.25) is 0 Å². The topological polar surface area (TPSA) is 23.6 Å². The van der Waals surface area contributed by atoms with Gasteiger partial charge in [-0.25, -0.2) is 4.79 Å². The minimum atomic E-state index is 0.334. The largest absolute Gasteiger partial charge is 0.325 e. The molecule has 0 aromatic heterocycles. The van der Waals surface area contributed by atoms with Crippen molar-refractivity contribution >= 4 is 6.03 Å². The van der Waals surface area contributed by atoms with Gasteiger partial charge in [-0.2, -0.15) is 0 Å². The molecule has 2 amide bonds. The van der Waals surface area contributed by atoms with Gasteiger partial charge >= 0.3 is 6.03 Å². The number of likely N-dealkylation sites (tertiary alicyclic amines) is 1. The SMILES string of the molecule is Cc1ccccc1[C@H]1C[C@H]2CC[C@@H](C1)N2C(=O)N1CCCCC1. The van der Waals surface area contributed by atoms with Crippen LogP contribution >= 0.6 is 0 Å². The molecule has 3 fully saturated rings. The minimum Gasteiger partial charge on any atom is -0.325 e. The average molecular weight is 312 g/mol. The molecule has 1 aromatic carbocycles. The lowest BCUT2D eigenvalue weighted by Crippen LogP contribution is -2.53. The number of nitrogens with zero attached hydrogens (tertiary/aromatic N) is 2. The maximum absolute atomic E-state index is 13.0. The first-order valence-corrected chi connectivity index (χ1v) is 9.37. The summed E-state index contributed by atoms with van der Waals surface area (Å²) in [6.07, 6.45) is 8.36. The molecule has 3 heteroatoms. The molecule has 3 aliphatic heterocycles. The zero-order valence-corrected chi connectivity index (χ0v) is 14.2. The maximum atomic E-state index is 13.0. The summed E-state index contributed by atoms with van der Waals surface area (Å²) in [4.78, 5) is 17.4. The Kier molecular flexibility index (Phi) is 4.04. The summed E-state index contributed by atoms with van der Waals surface area (Å²) in [6, 6.07) is 10.1. The van der Waals surface area contributed by atoms with E-state index in [0.717, 1.165) is 25.9 Å². The molecule has 3 nitrogen and oxygen atoms in total. The fraction of sp³-hybridized carbons (Fsp3) is 0.650. The highest BCUT2D eigenvalue weighted by atomic mass is 16.2. The van der Waals surface area contributed by atoms with E-state index >= 15 is 0 Å². The first-order chi connectivity index (χ1) is 11.2. The zero-order valence-electron chi connectivity index (χ0n) is 14.2. The van der Waals surface area contributed by atoms with Crippen LogP contribution in [0.5, 0.6) is 0 Å². The van der Waals surface area contributed by atoms with E-state index in [-0.39, 0.29) is 0 Å². The number of benzene rings is 1. The van der Waals surface area contributed by atoms with Crippen LogP contribution in [0.15, 0.2) is 24.3 Å². The fourth-order valence-corrected chi connectivity index (χ4v) is 5.04. The van der Waals surface area contributed by atoms with Crippen LogP contribution in [0.4, 0.5) is 4.79 Å². The van der Waals surface area contributed by atoms with E-state index in [1.807, 2.05) is 0 Å². The Bertz CT molecular complexity index is 565. The molecular weight excluding hydrogens is 284 g/mol. The first kappa shape index (κ1) is 15.0. The Morgan fingerprint density at radius 2 is 1.65 bits per heavy atom. The Balaban J connectivity index is 1.50. The Labute approximate surface area is 139 Å². The quantitative estimate of drug-likeness (QED) is 0.758. The van der Waals surface area contributed by atoms with Crippen LogP contribution in [0.1, 0.15) is 62.0 Å². The Morgan fingerprint density at radius 1 is 1.00 bits per heavy atom. The van der Waals surface area contributed by atoms with Crippen LogP contribution in [-0.2, 0) is 0 Å². The molecule has 3 aliphatic rings. The van der Waals surface area contributed by atoms with Crippen LogP contribution < -0.4 is 0 Å². The number of carbonyl (C=O) groups excluding carboxylic acids is 1. The number of hydrogen-bond donors (Lipinski definition) is 0. The fourth-order valence-electron chi connectivity index (χ4n) is 5.04. The van der Waals surface area contributed by atoms with E-state index in [9.17, 15) is 4.79 Å². The first-order valence-electron chi connectivity index (χ1n) is 9.37. The normalized spacial score (nSPS) is 30.6. The number of aryl methyl sites for hydroxylation is 1. The van der Waals surface area contributed by atoms with Crippen molar-refractivity contribution in [2.24, 2.45) is 0 Å². The van der Waals surface area contributed by atoms with Crippen molar-refractivity contribution in [1.29, 1.82) is 0 Å². The van der Waals surface area contributed by atoms with Crippen molar-refractivity contribution in [2.75, 3.05) is 13.1 Å². The standard InChI is InChI=1S/C20H28N2O/c1-15-7-3-4-8-19(15)16-13-17-9-10-18(14-16)22(17)20(23)21-11-5-2-6-12-21/h3-4,7-8,16-18H,2,5-6,9-14H2,1H3/t16-,17+,18-. The molecule has 1 aromatic rings. The lowest BCUT2D eigenvalue weighted by molar-refractivity contribution is 0.0990. The van der Waals surface area contributed by atoms with Crippen molar-refractivity contribution in [3.05, 3.63) is 35.4 Å². The number of piperidine rings is 2. The highest BCUT2D eigenvalue weighted by molar-refractivity contribution is 5.76. The smallest absolute Gasteiger partial charge is 0.320 e. The molecule has 4 rings (SSSR count). The van der Waals surface area contributed by atoms with Crippen LogP contribution in [0.3, 0.4) is 0 Å². The molecule has 0 N–H and O–H groups in total. The van der Waals surface area contributed by atoms with E-state index in [0.29, 0.717) is 24.0 Å². The minimum absolute atomic E-state index is 0.334. The highest BCUT2D eigenvalue weighted by Gasteiger charge is 2.45. The summed E-state index contributed by atoms with van der Waals surface area (Å²) >= 11 is 0. The third-order valence-corrected chi connectivity index (χ3v) is 6.21. The molecule has 3 atom stereocenters. The zero-order chi connectivity index (χ0) is 15.8. The van der Waals surface area contributed by atoms with Gasteiger partial charge in [-0.3, -0.25) is 0 Å². The lowest BCUT2D eigenvalue weighted by atomic mass is 9.83. The van der Waals surface area contributed by atoms with Crippen LogP contribution in [0, 0.1) is 6.92 Å². The van der Waals surface area contributed by atoms with Crippen molar-refractivity contribution in [3.8, 4) is 0 Å². The number of rotatable bonds is 1. The van der Waals surface area contributed by atoms with E-state index < -0.39 is 0 Å². The molecular formula is C20H28N2O. The second-order valence-corrected chi connectivity index (χ2v) is 7.65. The predicted molar refractivity (Wildman–Crippen MR) is 92.6 cm³/mol. The van der Waals surface area contributed by atoms with Crippen molar-refractivity contribution in [3.63, 3.8) is 0 Å². The molecule has 0 radical (unpaired) electrons. The van der Waals surface area contributed by atoms with E-state index in [1.54, 1.807) is 0 Å². The third kappa shape index (κ3) is 2.75. The van der Waals surface area contributed by atoms with Gasteiger partial charge in [-0.15, -0.1) is 0 Å². The lowest BCUT2D eigenvalue weighted by Gasteiger charge is -2.42. The maximum Gasteiger partial charge on any atom is 0.320 e. The number of carbonyl (C=O) groups is 1. The van der Waals surface area contributed by atoms with Crippen LogP contribution in [0.25, 0.3) is 0 Å². The summed E-state index contributed by atoms with van der Waals surface area (Å²) < 4.78 is 0. The molecule has 3 heterocycles. The van der Waals surface area contributed by atoms with Gasteiger partial charge < -0.3 is 9.80 Å². The van der Waals surface area contributed by atoms with Gasteiger partial charge in [-0.1, -0.05) is 24.3 Å². The summed E-state index contributed by atoms with van der Waals surface area (Å²) in [5.41, 5.74) is 2.92. The van der Waals surface area contributed by atoms with Crippen LogP contribution in [-0.4, -0.2) is 41.0 Å². The predicted octanol–water partition coefficient (Wildman–Crippen LogP) is 4.31. The number of urea groups is 1. The summed E-state index contributed by atoms with van der Waals surface area (Å²) in [6.45, 7) is 4.16. The van der Waals surface area contributed by atoms with Gasteiger partial charge in [-0.05, 0) is 68.9 Å². The summed E-state index contributed by atoms with van der Waals surface area (Å²) in [5, 5.41) is 0. The number of amides is 2. The number of fused-ring (bicyclic) bond motifs is 2. The third-order valence-electron chi connectivity index (χ3n) is 6.21. The summed E-state index contributed by atoms with van der Waals surface area (Å²) in [7, 11) is 0. The van der Waals surface area contributed by atoms with Gasteiger partial charge in [0.15, 0.2) is 0 Å². The molecule has 0 unspecified atom stereocenters. The second-order valence-electron chi connectivity index (χ2n) is 7.65. The highest BCUT2D eigenvalue weighted by Crippen LogP contribution is 2.44. The van der Waals surface area contributed by atoms with Gasteiger partial charge in [0.25, 0.3) is 0 Å². The van der Waals surface area contributed by atoms with Gasteiger partial charge in [0, 0.05) is 25.2 Å². The molecule has 0 saturated carbocycles. The number of hydrogen-bond acceptors (Lipinski definition) is 1. The van der Waals surface area contributed by atoms with Crippen molar-refractivity contribution in [2.45, 2.75) is 69.9 Å². The molecule has 2 bridgehead atoms. The van der Waals surface area contributed by atoms with Gasteiger partial charge in [0.05, 0.1) is 0 Å². The van der Waals surface area contributed by atoms with Gasteiger partial charge in [0.1, 0.15) is 0 Å². The summed E-state index contributed by atoms with van der Waals surface area (Å²) in [5.74, 6) is 0.638. The van der Waals surface area contributed by atoms with E-state index in [4.69, 9.17) is 0 Å². The molecule has 0 aliphatic carbocycles. The monoisotopic (exact) mass is 312 g/mol. The van der Waals surface area contributed by atoms with E-state index in [2.05, 4.69) is 41.0 Å². The Morgan fingerprint density at radius 3 is 2.30 bits per heavy atom. The average Bonchev–Trinajstić information content (AvgIpc) is 2.85. The molecule has 3 saturated heterocycles.